The Morgan fingerprint density at radius 3 is 2.45 bits per heavy atom. The number of amides is 3. The van der Waals surface area contributed by atoms with Crippen LogP contribution in [0.3, 0.4) is 0 Å². The molecule has 3 aliphatic rings. The standard InChI is InChI=1S/C23H28N2O6/c1-15(20(26)24-10-4-2-3-5-11-24)31-23(29)16-8-9-18-19(13-16)22(28)25(21(18)27)14-17-7-6-12-30-17/h8-9,13,15,17H,2-7,10-12,14H2,1H3. The second-order valence-electron chi connectivity index (χ2n) is 8.40. The van der Waals surface area contributed by atoms with E-state index < -0.39 is 18.0 Å². The molecule has 3 amide bonds. The zero-order valence-electron chi connectivity index (χ0n) is 17.8. The molecule has 2 unspecified atom stereocenters. The van der Waals surface area contributed by atoms with Crippen LogP contribution in [0.15, 0.2) is 18.2 Å². The highest BCUT2D eigenvalue weighted by molar-refractivity contribution is 6.22. The molecule has 1 aromatic rings. The van der Waals surface area contributed by atoms with Crippen LogP contribution in [0.4, 0.5) is 0 Å². The van der Waals surface area contributed by atoms with Gasteiger partial charge in [-0.1, -0.05) is 12.8 Å². The molecular weight excluding hydrogens is 400 g/mol. The first-order chi connectivity index (χ1) is 15.0. The van der Waals surface area contributed by atoms with Gasteiger partial charge in [-0.3, -0.25) is 19.3 Å². The van der Waals surface area contributed by atoms with Gasteiger partial charge < -0.3 is 14.4 Å². The van der Waals surface area contributed by atoms with Crippen molar-refractivity contribution in [1.82, 2.24) is 9.80 Å². The van der Waals surface area contributed by atoms with Gasteiger partial charge >= 0.3 is 5.97 Å². The van der Waals surface area contributed by atoms with E-state index in [4.69, 9.17) is 9.47 Å². The Labute approximate surface area is 181 Å². The predicted octanol–water partition coefficient (Wildman–Crippen LogP) is 2.41. The number of esters is 1. The molecule has 2 saturated heterocycles. The van der Waals surface area contributed by atoms with Gasteiger partial charge in [0.15, 0.2) is 6.10 Å². The maximum atomic E-state index is 12.8. The Balaban J connectivity index is 1.42. The summed E-state index contributed by atoms with van der Waals surface area (Å²) in [5, 5.41) is 0. The number of ether oxygens (including phenoxy) is 2. The Hall–Kier alpha value is -2.74. The van der Waals surface area contributed by atoms with Crippen LogP contribution in [0, 0.1) is 0 Å². The number of hydrogen-bond acceptors (Lipinski definition) is 6. The van der Waals surface area contributed by atoms with Gasteiger partial charge in [0, 0.05) is 19.7 Å². The van der Waals surface area contributed by atoms with Crippen LogP contribution in [0.1, 0.15) is 76.5 Å². The number of fused-ring (bicyclic) bond motifs is 1. The van der Waals surface area contributed by atoms with Crippen molar-refractivity contribution in [2.45, 2.75) is 57.7 Å². The smallest absolute Gasteiger partial charge is 0.338 e. The third-order valence-corrected chi connectivity index (χ3v) is 6.17. The lowest BCUT2D eigenvalue weighted by Gasteiger charge is -2.24. The molecule has 3 aliphatic heterocycles. The van der Waals surface area contributed by atoms with Crippen LogP contribution < -0.4 is 0 Å². The first kappa shape index (κ1) is 21.5. The summed E-state index contributed by atoms with van der Waals surface area (Å²) in [5.41, 5.74) is 0.603. The molecule has 0 bridgehead atoms. The minimum Gasteiger partial charge on any atom is -0.449 e. The molecule has 8 heteroatoms. The van der Waals surface area contributed by atoms with E-state index in [1.807, 2.05) is 0 Å². The van der Waals surface area contributed by atoms with Gasteiger partial charge in [0.2, 0.25) is 0 Å². The Bertz CT molecular complexity index is 884. The quantitative estimate of drug-likeness (QED) is 0.528. The molecule has 0 saturated carbocycles. The van der Waals surface area contributed by atoms with E-state index in [2.05, 4.69) is 0 Å². The number of likely N-dealkylation sites (tertiary alicyclic amines) is 1. The van der Waals surface area contributed by atoms with Crippen molar-refractivity contribution in [2.24, 2.45) is 0 Å². The first-order valence-corrected chi connectivity index (χ1v) is 11.1. The number of nitrogens with zero attached hydrogens (tertiary/aromatic N) is 2. The second-order valence-corrected chi connectivity index (χ2v) is 8.40. The SMILES string of the molecule is CC(OC(=O)c1ccc2c(c1)C(=O)N(CC1CCCO1)C2=O)C(=O)N1CCCCCC1. The van der Waals surface area contributed by atoms with Gasteiger partial charge in [-0.05, 0) is 50.8 Å². The Kier molecular flexibility index (Phi) is 6.36. The molecule has 0 spiro atoms. The fourth-order valence-corrected chi connectivity index (χ4v) is 4.40. The van der Waals surface area contributed by atoms with Crippen LogP contribution in [0.2, 0.25) is 0 Å². The summed E-state index contributed by atoms with van der Waals surface area (Å²) in [6.45, 7) is 3.77. The highest BCUT2D eigenvalue weighted by Gasteiger charge is 2.38. The summed E-state index contributed by atoms with van der Waals surface area (Å²) in [7, 11) is 0. The Morgan fingerprint density at radius 1 is 1.06 bits per heavy atom. The minimum absolute atomic E-state index is 0.141. The number of carbonyl (C=O) groups excluding carboxylic acids is 4. The molecule has 4 rings (SSSR count). The van der Waals surface area contributed by atoms with Crippen molar-refractivity contribution in [3.05, 3.63) is 34.9 Å². The maximum absolute atomic E-state index is 12.8. The van der Waals surface area contributed by atoms with Crippen LogP contribution in [0.5, 0.6) is 0 Å². The molecule has 3 heterocycles. The average molecular weight is 428 g/mol. The molecule has 1 aromatic carbocycles. The summed E-state index contributed by atoms with van der Waals surface area (Å²) in [4.78, 5) is 53.6. The zero-order chi connectivity index (χ0) is 22.0. The van der Waals surface area contributed by atoms with Gasteiger partial charge in [0.05, 0.1) is 29.3 Å². The van der Waals surface area contributed by atoms with Crippen LogP contribution in [-0.4, -0.2) is 71.9 Å². The second kappa shape index (κ2) is 9.18. The van der Waals surface area contributed by atoms with E-state index in [-0.39, 0.29) is 41.2 Å². The van der Waals surface area contributed by atoms with E-state index in [0.29, 0.717) is 19.7 Å². The van der Waals surface area contributed by atoms with Crippen molar-refractivity contribution >= 4 is 23.7 Å². The largest absolute Gasteiger partial charge is 0.449 e. The monoisotopic (exact) mass is 428 g/mol. The van der Waals surface area contributed by atoms with E-state index in [1.54, 1.807) is 11.8 Å². The fourth-order valence-electron chi connectivity index (χ4n) is 4.40. The highest BCUT2D eigenvalue weighted by Crippen LogP contribution is 2.26. The van der Waals surface area contributed by atoms with Gasteiger partial charge in [0.1, 0.15) is 0 Å². The van der Waals surface area contributed by atoms with Crippen molar-refractivity contribution in [3.8, 4) is 0 Å². The highest BCUT2D eigenvalue weighted by atomic mass is 16.5. The summed E-state index contributed by atoms with van der Waals surface area (Å²) >= 11 is 0. The molecule has 0 aliphatic carbocycles. The number of carbonyl (C=O) groups is 4. The van der Waals surface area contributed by atoms with Gasteiger partial charge in [-0.2, -0.15) is 0 Å². The van der Waals surface area contributed by atoms with Crippen LogP contribution in [-0.2, 0) is 14.3 Å². The molecule has 2 fully saturated rings. The number of benzene rings is 1. The zero-order valence-corrected chi connectivity index (χ0v) is 17.8. The predicted molar refractivity (Wildman–Crippen MR) is 111 cm³/mol. The lowest BCUT2D eigenvalue weighted by Crippen LogP contribution is -2.40. The topological polar surface area (TPSA) is 93.2 Å². The summed E-state index contributed by atoms with van der Waals surface area (Å²) in [6, 6.07) is 4.32. The fraction of sp³-hybridized carbons (Fsp3) is 0.565. The summed E-state index contributed by atoms with van der Waals surface area (Å²) in [6.07, 6.45) is 4.79. The normalized spacial score (nSPS) is 22.3. The third-order valence-electron chi connectivity index (χ3n) is 6.17. The number of hydrogen-bond donors (Lipinski definition) is 0. The molecule has 166 valence electrons. The summed E-state index contributed by atoms with van der Waals surface area (Å²) in [5.74, 6) is -1.69. The number of imide groups is 1. The molecular formula is C23H28N2O6. The maximum Gasteiger partial charge on any atom is 0.338 e. The molecule has 2 atom stereocenters. The van der Waals surface area contributed by atoms with Crippen LogP contribution in [0.25, 0.3) is 0 Å². The van der Waals surface area contributed by atoms with Crippen molar-refractivity contribution < 1.29 is 28.7 Å². The lowest BCUT2D eigenvalue weighted by molar-refractivity contribution is -0.139. The minimum atomic E-state index is -0.910. The molecule has 0 N–H and O–H groups in total. The van der Waals surface area contributed by atoms with Crippen LogP contribution >= 0.6 is 0 Å². The number of rotatable bonds is 5. The van der Waals surface area contributed by atoms with Gasteiger partial charge in [-0.25, -0.2) is 4.79 Å². The van der Waals surface area contributed by atoms with E-state index >= 15 is 0 Å². The van der Waals surface area contributed by atoms with E-state index in [0.717, 1.165) is 38.5 Å². The van der Waals surface area contributed by atoms with E-state index in [1.165, 1.54) is 23.1 Å². The molecule has 0 aromatic heterocycles. The van der Waals surface area contributed by atoms with Gasteiger partial charge in [0.25, 0.3) is 17.7 Å². The molecule has 0 radical (unpaired) electrons. The van der Waals surface area contributed by atoms with E-state index in [9.17, 15) is 19.2 Å². The first-order valence-electron chi connectivity index (χ1n) is 11.1. The van der Waals surface area contributed by atoms with Crippen molar-refractivity contribution in [2.75, 3.05) is 26.2 Å². The van der Waals surface area contributed by atoms with Crippen molar-refractivity contribution in [1.29, 1.82) is 0 Å². The average Bonchev–Trinajstić information content (AvgIpc) is 3.25. The van der Waals surface area contributed by atoms with Crippen molar-refractivity contribution in [3.63, 3.8) is 0 Å². The lowest BCUT2D eigenvalue weighted by atomic mass is 10.1. The van der Waals surface area contributed by atoms with Gasteiger partial charge in [-0.15, -0.1) is 0 Å². The third kappa shape index (κ3) is 4.49. The Morgan fingerprint density at radius 2 is 1.77 bits per heavy atom. The molecule has 31 heavy (non-hydrogen) atoms. The molecule has 8 nitrogen and oxygen atoms in total. The summed E-state index contributed by atoms with van der Waals surface area (Å²) < 4.78 is 10.9.